The Morgan fingerprint density at radius 1 is 0.927 bits per heavy atom. The third-order valence-corrected chi connectivity index (χ3v) is 8.84. The van der Waals surface area contributed by atoms with Crippen LogP contribution in [-0.2, 0) is 22.0 Å². The number of hydrogen-bond acceptors (Lipinski definition) is 6. The zero-order valence-corrected chi connectivity index (χ0v) is 23.8. The number of halogens is 3. The van der Waals surface area contributed by atoms with E-state index in [0.717, 1.165) is 44.2 Å². The second kappa shape index (κ2) is 13.5. The summed E-state index contributed by atoms with van der Waals surface area (Å²) >= 11 is 0. The topological polar surface area (TPSA) is 84.7 Å². The average molecular weight is 593 g/mol. The van der Waals surface area contributed by atoms with E-state index in [2.05, 4.69) is 12.0 Å². The van der Waals surface area contributed by atoms with Gasteiger partial charge in [0.25, 0.3) is 0 Å². The number of rotatable bonds is 12. The predicted octanol–water partition coefficient (Wildman–Crippen LogP) is 5.25. The van der Waals surface area contributed by atoms with Crippen molar-refractivity contribution in [1.29, 1.82) is 0 Å². The molecule has 1 aromatic heterocycles. The van der Waals surface area contributed by atoms with Gasteiger partial charge in [0.1, 0.15) is 5.69 Å². The second-order valence-corrected chi connectivity index (χ2v) is 12.0. The number of ether oxygens (including phenoxy) is 1. The van der Waals surface area contributed by atoms with Gasteiger partial charge in [0.2, 0.25) is 15.8 Å². The smallest absolute Gasteiger partial charge is 0.416 e. The number of aromatic nitrogens is 2. The van der Waals surface area contributed by atoms with Gasteiger partial charge in [-0.1, -0.05) is 69.0 Å². The van der Waals surface area contributed by atoms with Gasteiger partial charge in [0.15, 0.2) is 0 Å². The minimum atomic E-state index is -4.55. The van der Waals surface area contributed by atoms with Crippen LogP contribution in [0, 0.1) is 0 Å². The molecule has 0 spiro atoms. The normalized spacial score (nSPS) is 14.8. The zero-order chi connectivity index (χ0) is 29.5. The van der Waals surface area contributed by atoms with Crippen molar-refractivity contribution in [2.45, 2.75) is 51.0 Å². The molecule has 0 amide bonds. The van der Waals surface area contributed by atoms with Gasteiger partial charge in [-0.05, 0) is 30.2 Å². The summed E-state index contributed by atoms with van der Waals surface area (Å²) in [6, 6.07) is 13.4. The van der Waals surface area contributed by atoms with Gasteiger partial charge in [-0.25, -0.2) is 8.42 Å². The van der Waals surface area contributed by atoms with Gasteiger partial charge in [0, 0.05) is 26.2 Å². The summed E-state index contributed by atoms with van der Waals surface area (Å²) in [6.45, 7) is 3.27. The molecule has 0 aliphatic carbocycles. The predicted molar refractivity (Wildman–Crippen MR) is 152 cm³/mol. The van der Waals surface area contributed by atoms with Crippen LogP contribution in [0.25, 0.3) is 5.69 Å². The number of anilines is 1. The minimum Gasteiger partial charge on any atom is -0.486 e. The molecule has 41 heavy (non-hydrogen) atoms. The Labute approximate surface area is 238 Å². The molecule has 3 aromatic rings. The maximum atomic E-state index is 13.5. The summed E-state index contributed by atoms with van der Waals surface area (Å²) in [5.41, 5.74) is -0.119. The van der Waals surface area contributed by atoms with E-state index in [1.54, 1.807) is 18.3 Å². The van der Waals surface area contributed by atoms with E-state index < -0.39 is 33.1 Å². The van der Waals surface area contributed by atoms with E-state index in [4.69, 9.17) is 4.74 Å². The van der Waals surface area contributed by atoms with Crippen molar-refractivity contribution in [2.24, 2.45) is 0 Å². The van der Waals surface area contributed by atoms with Crippen molar-refractivity contribution >= 4 is 15.7 Å². The molecule has 0 bridgehead atoms. The Morgan fingerprint density at radius 3 is 2.32 bits per heavy atom. The van der Waals surface area contributed by atoms with Crippen molar-refractivity contribution in [3.63, 3.8) is 0 Å². The van der Waals surface area contributed by atoms with Crippen molar-refractivity contribution < 1.29 is 26.3 Å². The summed E-state index contributed by atoms with van der Waals surface area (Å²) in [7, 11) is -3.86. The first-order valence-corrected chi connectivity index (χ1v) is 15.4. The fourth-order valence-corrected chi connectivity index (χ4v) is 6.27. The highest BCUT2D eigenvalue weighted by Gasteiger charge is 2.32. The summed E-state index contributed by atoms with van der Waals surface area (Å²) in [4.78, 5) is 15.4. The number of nitrogens with zero attached hydrogens (tertiary/aromatic N) is 4. The largest absolute Gasteiger partial charge is 0.486 e. The first kappa shape index (κ1) is 30.6. The minimum absolute atomic E-state index is 0.0746. The molecule has 2 aromatic carbocycles. The fraction of sp³-hybridized carbons (Fsp3) is 0.448. The molecule has 0 atom stereocenters. The number of para-hydroxylation sites is 1. The van der Waals surface area contributed by atoms with E-state index >= 15 is 0 Å². The fourth-order valence-electron chi connectivity index (χ4n) is 4.77. The molecule has 0 saturated carbocycles. The van der Waals surface area contributed by atoms with E-state index in [9.17, 15) is 26.4 Å². The van der Waals surface area contributed by atoms with Gasteiger partial charge in [-0.2, -0.15) is 27.3 Å². The molecule has 1 fully saturated rings. The highest BCUT2D eigenvalue weighted by atomic mass is 32.2. The maximum Gasteiger partial charge on any atom is 0.416 e. The first-order valence-electron chi connectivity index (χ1n) is 13.8. The van der Waals surface area contributed by atoms with Crippen LogP contribution >= 0.6 is 0 Å². The molecule has 1 aliphatic rings. The summed E-state index contributed by atoms with van der Waals surface area (Å²) in [5.74, 6) is -0.363. The molecular formula is C29H35F3N4O4S. The van der Waals surface area contributed by atoms with E-state index in [1.807, 2.05) is 23.1 Å². The Balaban J connectivity index is 1.49. The molecule has 2 heterocycles. The second-order valence-electron chi connectivity index (χ2n) is 10.0. The van der Waals surface area contributed by atoms with Gasteiger partial charge in [0.05, 0.1) is 29.8 Å². The number of unbranched alkanes of at least 4 members (excludes halogenated alkanes) is 4. The van der Waals surface area contributed by atoms with Crippen LogP contribution in [-0.4, -0.2) is 55.3 Å². The highest BCUT2D eigenvalue weighted by molar-refractivity contribution is 7.88. The van der Waals surface area contributed by atoms with Gasteiger partial charge >= 0.3 is 11.7 Å². The van der Waals surface area contributed by atoms with Crippen LogP contribution in [0.4, 0.5) is 18.9 Å². The van der Waals surface area contributed by atoms with Crippen molar-refractivity contribution in [3.8, 4) is 11.4 Å². The summed E-state index contributed by atoms with van der Waals surface area (Å²) in [6.07, 6.45) is 2.16. The first-order chi connectivity index (χ1) is 19.6. The van der Waals surface area contributed by atoms with Gasteiger partial charge in [-0.15, -0.1) is 0 Å². The van der Waals surface area contributed by atoms with E-state index in [1.165, 1.54) is 21.1 Å². The van der Waals surface area contributed by atoms with E-state index in [0.29, 0.717) is 18.0 Å². The number of hydrogen-bond donors (Lipinski definition) is 0. The maximum absolute atomic E-state index is 13.5. The van der Waals surface area contributed by atoms with E-state index in [-0.39, 0.29) is 37.5 Å². The highest BCUT2D eigenvalue weighted by Crippen LogP contribution is 2.31. The SMILES string of the molecule is CCCCCCCOc1c(N2CCN(S(=O)(=O)Cc3cccc(C(F)(F)F)c3)CC2)cnn(-c2ccccc2)c1=O. The lowest BCUT2D eigenvalue weighted by atomic mass is 10.1. The third-order valence-electron chi connectivity index (χ3n) is 6.99. The van der Waals surface area contributed by atoms with Crippen molar-refractivity contribution in [3.05, 3.63) is 82.3 Å². The lowest BCUT2D eigenvalue weighted by molar-refractivity contribution is -0.137. The number of sulfonamides is 1. The monoisotopic (exact) mass is 592 g/mol. The Kier molecular flexibility index (Phi) is 10.1. The average Bonchev–Trinajstić information content (AvgIpc) is 2.95. The zero-order valence-electron chi connectivity index (χ0n) is 23.0. The van der Waals surface area contributed by atoms with Gasteiger partial charge < -0.3 is 9.64 Å². The van der Waals surface area contributed by atoms with Gasteiger partial charge in [-0.3, -0.25) is 4.79 Å². The molecule has 12 heteroatoms. The van der Waals surface area contributed by atoms with Crippen LogP contribution in [0.5, 0.6) is 5.75 Å². The molecule has 1 saturated heterocycles. The van der Waals surface area contributed by atoms with Crippen LogP contribution in [0.2, 0.25) is 0 Å². The third kappa shape index (κ3) is 7.88. The summed E-state index contributed by atoms with van der Waals surface area (Å²) in [5, 5.41) is 4.36. The standard InChI is InChI=1S/C29H35F3N4O4S/c1-2-3-4-5-9-19-40-27-26(21-33-36(28(27)37)25-13-7-6-8-14-25)34-15-17-35(18-16-34)41(38,39)22-23-11-10-12-24(20-23)29(30,31)32/h6-8,10-14,20-21H,2-5,9,15-19,22H2,1H3. The molecule has 4 rings (SSSR count). The lowest BCUT2D eigenvalue weighted by Gasteiger charge is -2.35. The number of piperazine rings is 1. The molecule has 1 aliphatic heterocycles. The Bertz CT molecular complexity index is 1450. The Hall–Kier alpha value is -3.38. The van der Waals surface area contributed by atoms with Crippen molar-refractivity contribution in [2.75, 3.05) is 37.7 Å². The lowest BCUT2D eigenvalue weighted by Crippen LogP contribution is -2.49. The Morgan fingerprint density at radius 2 is 1.63 bits per heavy atom. The molecular weight excluding hydrogens is 557 g/mol. The van der Waals surface area contributed by atoms with Crippen LogP contribution in [0.1, 0.15) is 50.2 Å². The molecule has 222 valence electrons. The molecule has 0 unspecified atom stereocenters. The van der Waals surface area contributed by atoms with Crippen LogP contribution in [0.15, 0.2) is 65.6 Å². The molecule has 0 radical (unpaired) electrons. The molecule has 8 nitrogen and oxygen atoms in total. The van der Waals surface area contributed by atoms with Crippen molar-refractivity contribution in [1.82, 2.24) is 14.1 Å². The van der Waals surface area contributed by atoms with Crippen LogP contribution in [0.3, 0.4) is 0 Å². The molecule has 0 N–H and O–H groups in total. The number of alkyl halides is 3. The van der Waals surface area contributed by atoms with Crippen LogP contribution < -0.4 is 15.2 Å². The number of benzene rings is 2. The quantitative estimate of drug-likeness (QED) is 0.267. The summed E-state index contributed by atoms with van der Waals surface area (Å²) < 4.78 is 74.0.